The van der Waals surface area contributed by atoms with E-state index in [0.717, 1.165) is 18.2 Å². The Hall–Kier alpha value is -1.21. The van der Waals surface area contributed by atoms with Gasteiger partial charge in [0, 0.05) is 24.2 Å². The summed E-state index contributed by atoms with van der Waals surface area (Å²) in [4.78, 5) is 4.38. The minimum absolute atomic E-state index is 0. The third-order valence-electron chi connectivity index (χ3n) is 3.62. The number of hydrogen-bond acceptors (Lipinski definition) is 4. The average molecular weight is 328 g/mol. The van der Waals surface area contributed by atoms with Crippen molar-refractivity contribution >= 4 is 33.3 Å². The van der Waals surface area contributed by atoms with Gasteiger partial charge in [-0.05, 0) is 30.9 Å². The third kappa shape index (κ3) is 3.52. The number of nitrogens with zero attached hydrogens (tertiary/aromatic N) is 1. The summed E-state index contributed by atoms with van der Waals surface area (Å²) in [6, 6.07) is 8.66. The molecule has 1 atom stereocenters. The highest BCUT2D eigenvalue weighted by Gasteiger charge is 2.29. The maximum atomic E-state index is 12.4. The fourth-order valence-corrected chi connectivity index (χ4v) is 3.52. The van der Waals surface area contributed by atoms with Crippen LogP contribution >= 0.6 is 12.4 Å². The maximum Gasteiger partial charge on any atom is 0.242 e. The van der Waals surface area contributed by atoms with Crippen LogP contribution in [0.1, 0.15) is 12.8 Å². The molecule has 7 heteroatoms. The Labute approximate surface area is 130 Å². The number of rotatable bonds is 5. The number of para-hydroxylation sites is 1. The minimum atomic E-state index is -3.58. The number of fused-ring (bicyclic) bond motifs is 1. The van der Waals surface area contributed by atoms with E-state index in [1.807, 2.05) is 12.1 Å². The molecule has 1 aromatic carbocycles. The highest BCUT2D eigenvalue weighted by molar-refractivity contribution is 7.89. The lowest BCUT2D eigenvalue weighted by molar-refractivity contribution is 0.548. The molecule has 21 heavy (non-hydrogen) atoms. The van der Waals surface area contributed by atoms with Crippen molar-refractivity contribution in [2.75, 3.05) is 6.54 Å². The second-order valence-electron chi connectivity index (χ2n) is 5.18. The Bertz CT molecular complexity index is 727. The molecule has 0 amide bonds. The molecule has 3 N–H and O–H groups in total. The summed E-state index contributed by atoms with van der Waals surface area (Å²) in [5.41, 5.74) is 6.42. The largest absolute Gasteiger partial charge is 0.326 e. The zero-order valence-corrected chi connectivity index (χ0v) is 13.0. The van der Waals surface area contributed by atoms with Crippen molar-refractivity contribution in [2.24, 2.45) is 11.7 Å². The molecule has 2 aromatic rings. The first-order chi connectivity index (χ1) is 9.58. The first-order valence-corrected chi connectivity index (χ1v) is 8.15. The van der Waals surface area contributed by atoms with E-state index in [2.05, 4.69) is 9.71 Å². The molecule has 5 nitrogen and oxygen atoms in total. The molecule has 0 aliphatic heterocycles. The summed E-state index contributed by atoms with van der Waals surface area (Å²) in [6.45, 7) is 0.274. The van der Waals surface area contributed by atoms with Gasteiger partial charge in [0.1, 0.15) is 4.90 Å². The van der Waals surface area contributed by atoms with Gasteiger partial charge in [-0.25, -0.2) is 13.1 Å². The van der Waals surface area contributed by atoms with E-state index in [9.17, 15) is 8.42 Å². The molecule has 0 spiro atoms. The molecule has 1 aliphatic rings. The van der Waals surface area contributed by atoms with E-state index < -0.39 is 10.0 Å². The van der Waals surface area contributed by atoms with Crippen molar-refractivity contribution in [3.05, 3.63) is 36.5 Å². The fraction of sp³-hybridized carbons (Fsp3) is 0.357. The van der Waals surface area contributed by atoms with Gasteiger partial charge in [0.15, 0.2) is 0 Å². The van der Waals surface area contributed by atoms with E-state index in [0.29, 0.717) is 11.4 Å². The highest BCUT2D eigenvalue weighted by atomic mass is 35.5. The zero-order valence-electron chi connectivity index (χ0n) is 11.4. The molecular formula is C14H18ClN3O2S. The van der Waals surface area contributed by atoms with Gasteiger partial charge in [0.2, 0.25) is 10.0 Å². The lowest BCUT2D eigenvalue weighted by Gasteiger charge is -2.13. The molecule has 0 bridgehead atoms. The quantitative estimate of drug-likeness (QED) is 0.874. The van der Waals surface area contributed by atoms with Gasteiger partial charge in [-0.2, -0.15) is 0 Å². The minimum Gasteiger partial charge on any atom is -0.326 e. The Morgan fingerprint density at radius 3 is 2.71 bits per heavy atom. The Morgan fingerprint density at radius 1 is 1.29 bits per heavy atom. The maximum absolute atomic E-state index is 12.4. The second kappa shape index (κ2) is 6.27. The highest BCUT2D eigenvalue weighted by Crippen LogP contribution is 2.31. The normalized spacial score (nSPS) is 16.4. The number of halogens is 1. The first kappa shape index (κ1) is 16.2. The van der Waals surface area contributed by atoms with E-state index in [4.69, 9.17) is 5.73 Å². The summed E-state index contributed by atoms with van der Waals surface area (Å²) >= 11 is 0. The van der Waals surface area contributed by atoms with Crippen LogP contribution in [-0.2, 0) is 10.0 Å². The number of benzene rings is 1. The molecule has 1 aromatic heterocycles. The van der Waals surface area contributed by atoms with Gasteiger partial charge in [-0.1, -0.05) is 18.2 Å². The molecule has 1 fully saturated rings. The molecule has 0 radical (unpaired) electrons. The van der Waals surface area contributed by atoms with Crippen LogP contribution < -0.4 is 10.5 Å². The standard InChI is InChI=1S/C14H17N3O2S.ClH/c15-12(10-6-7-10)9-17-20(18,19)13-5-1-3-11-4-2-8-16-14(11)13;/h1-5,8,10,12,17H,6-7,9,15H2;1H. The zero-order chi connectivity index (χ0) is 14.2. The predicted molar refractivity (Wildman–Crippen MR) is 84.9 cm³/mol. The topological polar surface area (TPSA) is 85.1 Å². The van der Waals surface area contributed by atoms with Crippen LogP contribution in [0.25, 0.3) is 10.9 Å². The third-order valence-corrected chi connectivity index (χ3v) is 5.08. The van der Waals surface area contributed by atoms with Gasteiger partial charge in [-0.15, -0.1) is 12.4 Å². The van der Waals surface area contributed by atoms with Crippen LogP contribution in [0.5, 0.6) is 0 Å². The number of nitrogens with two attached hydrogens (primary N) is 1. The molecule has 114 valence electrons. The smallest absolute Gasteiger partial charge is 0.242 e. The van der Waals surface area contributed by atoms with Gasteiger partial charge in [0.05, 0.1) is 5.52 Å². The first-order valence-electron chi connectivity index (χ1n) is 6.67. The molecule has 1 aliphatic carbocycles. The second-order valence-corrected chi connectivity index (χ2v) is 6.92. The molecule has 3 rings (SSSR count). The summed E-state index contributed by atoms with van der Waals surface area (Å²) in [5.74, 6) is 0.461. The number of sulfonamides is 1. The van der Waals surface area contributed by atoms with E-state index in [-0.39, 0.29) is 29.9 Å². The number of pyridine rings is 1. The lowest BCUT2D eigenvalue weighted by atomic mass is 10.2. The Balaban J connectivity index is 0.00000161. The van der Waals surface area contributed by atoms with Gasteiger partial charge < -0.3 is 5.73 Å². The molecule has 1 saturated carbocycles. The average Bonchev–Trinajstić information content (AvgIpc) is 3.29. The van der Waals surface area contributed by atoms with Gasteiger partial charge >= 0.3 is 0 Å². The van der Waals surface area contributed by atoms with Crippen LogP contribution in [0.15, 0.2) is 41.4 Å². The van der Waals surface area contributed by atoms with Crippen LogP contribution in [0.2, 0.25) is 0 Å². The van der Waals surface area contributed by atoms with Crippen molar-refractivity contribution < 1.29 is 8.42 Å². The van der Waals surface area contributed by atoms with Crippen molar-refractivity contribution in [1.29, 1.82) is 0 Å². The van der Waals surface area contributed by atoms with Crippen LogP contribution in [0, 0.1) is 5.92 Å². The lowest BCUT2D eigenvalue weighted by Crippen LogP contribution is -2.38. The summed E-state index contributed by atoms with van der Waals surface area (Å²) in [7, 11) is -3.58. The SMILES string of the molecule is Cl.NC(CNS(=O)(=O)c1cccc2cccnc12)C1CC1. The van der Waals surface area contributed by atoms with Crippen molar-refractivity contribution in [2.45, 2.75) is 23.8 Å². The van der Waals surface area contributed by atoms with Crippen LogP contribution in [0.3, 0.4) is 0 Å². The molecule has 1 unspecified atom stereocenters. The number of nitrogens with one attached hydrogen (secondary N) is 1. The predicted octanol–water partition coefficient (Wildman–Crippen LogP) is 1.67. The van der Waals surface area contributed by atoms with Crippen molar-refractivity contribution in [3.8, 4) is 0 Å². The van der Waals surface area contributed by atoms with Gasteiger partial charge in [-0.3, -0.25) is 4.98 Å². The van der Waals surface area contributed by atoms with Crippen molar-refractivity contribution in [1.82, 2.24) is 9.71 Å². The number of aromatic nitrogens is 1. The summed E-state index contributed by atoms with van der Waals surface area (Å²) in [6.07, 6.45) is 3.79. The van der Waals surface area contributed by atoms with E-state index >= 15 is 0 Å². The Kier molecular flexibility index (Phi) is 4.83. The van der Waals surface area contributed by atoms with Gasteiger partial charge in [0.25, 0.3) is 0 Å². The molecule has 1 heterocycles. The Morgan fingerprint density at radius 2 is 2.00 bits per heavy atom. The monoisotopic (exact) mass is 327 g/mol. The van der Waals surface area contributed by atoms with Crippen molar-refractivity contribution in [3.63, 3.8) is 0 Å². The van der Waals surface area contributed by atoms with E-state index in [1.54, 1.807) is 24.4 Å². The van der Waals surface area contributed by atoms with Crippen LogP contribution in [0.4, 0.5) is 0 Å². The fourth-order valence-electron chi connectivity index (χ4n) is 2.27. The summed E-state index contributed by atoms with van der Waals surface area (Å²) in [5, 5.41) is 0.807. The molecule has 0 saturated heterocycles. The van der Waals surface area contributed by atoms with Crippen LogP contribution in [-0.4, -0.2) is 26.0 Å². The van der Waals surface area contributed by atoms with E-state index in [1.165, 1.54) is 0 Å². The summed E-state index contributed by atoms with van der Waals surface area (Å²) < 4.78 is 27.4. The number of hydrogen-bond donors (Lipinski definition) is 2. The molecular weight excluding hydrogens is 310 g/mol.